The Morgan fingerprint density at radius 3 is 2.85 bits per heavy atom. The Bertz CT molecular complexity index is 1400. The Labute approximate surface area is 195 Å². The van der Waals surface area contributed by atoms with Gasteiger partial charge in [-0.15, -0.1) is 10.2 Å². The zero-order valence-corrected chi connectivity index (χ0v) is 19.0. The smallest absolute Gasteiger partial charge is 0.275 e. The van der Waals surface area contributed by atoms with Crippen LogP contribution in [0.4, 0.5) is 5.13 Å². The van der Waals surface area contributed by atoms with Gasteiger partial charge in [-0.2, -0.15) is 14.9 Å². The molecule has 0 bridgehead atoms. The summed E-state index contributed by atoms with van der Waals surface area (Å²) < 4.78 is 7.06. The highest BCUT2D eigenvalue weighted by Crippen LogP contribution is 2.18. The van der Waals surface area contributed by atoms with Gasteiger partial charge in [0.2, 0.25) is 10.1 Å². The average Bonchev–Trinajstić information content (AvgIpc) is 3.47. The SMILES string of the molecule is CCCc1nn2c(=O)cc(COc3ccc(C=C(C#N)C(=O)Nc4nncs4)cc3)nc2s1. The third-order valence-corrected chi connectivity index (χ3v) is 5.90. The number of rotatable bonds is 8. The Morgan fingerprint density at radius 2 is 2.15 bits per heavy atom. The van der Waals surface area contributed by atoms with E-state index >= 15 is 0 Å². The molecule has 0 unspecified atom stereocenters. The molecule has 0 spiro atoms. The first-order chi connectivity index (χ1) is 16.1. The van der Waals surface area contributed by atoms with Crippen LogP contribution in [-0.2, 0) is 17.8 Å². The largest absolute Gasteiger partial charge is 0.487 e. The molecule has 0 aliphatic heterocycles. The molecule has 0 aliphatic carbocycles. The second-order valence-electron chi connectivity index (χ2n) is 6.75. The molecule has 3 heterocycles. The van der Waals surface area contributed by atoms with Gasteiger partial charge in [0.05, 0.1) is 5.69 Å². The zero-order valence-electron chi connectivity index (χ0n) is 17.4. The Balaban J connectivity index is 1.42. The number of nitrogens with one attached hydrogen (secondary N) is 1. The van der Waals surface area contributed by atoms with Crippen molar-refractivity contribution in [1.29, 1.82) is 5.26 Å². The van der Waals surface area contributed by atoms with Crippen LogP contribution < -0.4 is 15.6 Å². The summed E-state index contributed by atoms with van der Waals surface area (Å²) in [6.07, 6.45) is 3.21. The Hall–Kier alpha value is -3.95. The summed E-state index contributed by atoms with van der Waals surface area (Å²) in [6.45, 7) is 2.18. The predicted molar refractivity (Wildman–Crippen MR) is 124 cm³/mol. The van der Waals surface area contributed by atoms with Crippen molar-refractivity contribution in [3.63, 3.8) is 0 Å². The maximum atomic E-state index is 12.3. The van der Waals surface area contributed by atoms with Gasteiger partial charge in [-0.3, -0.25) is 14.9 Å². The first-order valence-electron chi connectivity index (χ1n) is 9.86. The number of aromatic nitrogens is 5. The van der Waals surface area contributed by atoms with Crippen molar-refractivity contribution in [2.75, 3.05) is 5.32 Å². The molecule has 1 aromatic carbocycles. The third kappa shape index (κ3) is 5.46. The van der Waals surface area contributed by atoms with E-state index in [1.54, 1.807) is 24.3 Å². The molecule has 0 fully saturated rings. The molecule has 3 aromatic heterocycles. The minimum Gasteiger partial charge on any atom is -0.487 e. The van der Waals surface area contributed by atoms with E-state index < -0.39 is 5.91 Å². The molecule has 0 aliphatic rings. The molecule has 0 saturated carbocycles. The summed E-state index contributed by atoms with van der Waals surface area (Å²) in [6, 6.07) is 10.2. The maximum absolute atomic E-state index is 12.3. The highest BCUT2D eigenvalue weighted by molar-refractivity contribution is 7.16. The molecule has 4 aromatic rings. The maximum Gasteiger partial charge on any atom is 0.275 e. The van der Waals surface area contributed by atoms with Gasteiger partial charge >= 0.3 is 0 Å². The van der Waals surface area contributed by atoms with Crippen LogP contribution >= 0.6 is 22.7 Å². The van der Waals surface area contributed by atoms with Crippen LogP contribution in [0.15, 0.2) is 46.2 Å². The van der Waals surface area contributed by atoms with Gasteiger partial charge in [0.15, 0.2) is 0 Å². The lowest BCUT2D eigenvalue weighted by Crippen LogP contribution is -2.16. The number of carbonyl (C=O) groups is 1. The number of hydrogen-bond donors (Lipinski definition) is 1. The number of aryl methyl sites for hydroxylation is 1. The van der Waals surface area contributed by atoms with Gasteiger partial charge in [0, 0.05) is 12.5 Å². The molecule has 10 nitrogen and oxygen atoms in total. The normalized spacial score (nSPS) is 11.3. The molecule has 12 heteroatoms. The van der Waals surface area contributed by atoms with Crippen LogP contribution in [0, 0.1) is 11.3 Å². The molecule has 0 radical (unpaired) electrons. The third-order valence-electron chi connectivity index (χ3n) is 4.33. The minimum atomic E-state index is -0.563. The summed E-state index contributed by atoms with van der Waals surface area (Å²) in [4.78, 5) is 29.5. The number of carbonyl (C=O) groups excluding carboxylic acids is 1. The number of fused-ring (bicyclic) bond motifs is 1. The quantitative estimate of drug-likeness (QED) is 0.301. The van der Waals surface area contributed by atoms with Crippen LogP contribution in [0.2, 0.25) is 0 Å². The molecule has 166 valence electrons. The van der Waals surface area contributed by atoms with Crippen molar-refractivity contribution < 1.29 is 9.53 Å². The monoisotopic (exact) mass is 479 g/mol. The van der Waals surface area contributed by atoms with Crippen molar-refractivity contribution in [3.8, 4) is 11.8 Å². The van der Waals surface area contributed by atoms with Gasteiger partial charge in [-0.05, 0) is 30.2 Å². The molecular formula is C21H17N7O3S2. The second-order valence-corrected chi connectivity index (χ2v) is 8.63. The highest BCUT2D eigenvalue weighted by Gasteiger charge is 2.12. The number of ether oxygens (including phenoxy) is 1. The van der Waals surface area contributed by atoms with Gasteiger partial charge in [0.25, 0.3) is 11.5 Å². The number of amides is 1. The van der Waals surface area contributed by atoms with E-state index in [1.807, 2.05) is 6.07 Å². The van der Waals surface area contributed by atoms with E-state index in [1.165, 1.54) is 33.5 Å². The van der Waals surface area contributed by atoms with E-state index in [0.717, 1.165) is 29.2 Å². The standard InChI is InChI=1S/C21H17N7O3S2/c1-2-3-17-27-28-18(29)9-15(24-21(28)33-17)11-31-16-6-4-13(5-7-16)8-14(10-22)19(30)25-20-26-23-12-32-20/h4-9,12H,2-3,11H2,1H3,(H,25,26,30). The molecule has 1 amide bonds. The topological polar surface area (TPSA) is 135 Å². The lowest BCUT2D eigenvalue weighted by Gasteiger charge is -2.06. The van der Waals surface area contributed by atoms with Crippen LogP contribution in [0.1, 0.15) is 29.6 Å². The van der Waals surface area contributed by atoms with Crippen LogP contribution in [0.5, 0.6) is 5.75 Å². The number of nitrogens with zero attached hydrogens (tertiary/aromatic N) is 6. The summed E-state index contributed by atoms with van der Waals surface area (Å²) in [7, 11) is 0. The summed E-state index contributed by atoms with van der Waals surface area (Å²) in [5.41, 5.74) is 2.33. The Kier molecular flexibility index (Phi) is 6.82. The zero-order chi connectivity index (χ0) is 23.2. The molecule has 4 rings (SSSR count). The fraction of sp³-hybridized carbons (Fsp3) is 0.190. The van der Waals surface area contributed by atoms with Crippen molar-refractivity contribution in [3.05, 3.63) is 68.0 Å². The minimum absolute atomic E-state index is 0.0659. The lowest BCUT2D eigenvalue weighted by molar-refractivity contribution is -0.112. The van der Waals surface area contributed by atoms with Crippen molar-refractivity contribution >= 4 is 44.7 Å². The predicted octanol–water partition coefficient (Wildman–Crippen LogP) is 3.08. The average molecular weight is 480 g/mol. The summed E-state index contributed by atoms with van der Waals surface area (Å²) in [5.74, 6) is -0.00515. The van der Waals surface area contributed by atoms with Gasteiger partial charge in [-0.1, -0.05) is 41.7 Å². The molecule has 33 heavy (non-hydrogen) atoms. The number of benzene rings is 1. The van der Waals surface area contributed by atoms with Crippen LogP contribution in [-0.4, -0.2) is 30.7 Å². The van der Waals surface area contributed by atoms with Crippen LogP contribution in [0.3, 0.4) is 0 Å². The van der Waals surface area contributed by atoms with Gasteiger partial charge in [-0.25, -0.2) is 4.98 Å². The fourth-order valence-corrected chi connectivity index (χ4v) is 4.27. The Morgan fingerprint density at radius 1 is 1.33 bits per heavy atom. The van der Waals surface area contributed by atoms with E-state index in [4.69, 9.17) is 4.74 Å². The number of nitriles is 1. The lowest BCUT2D eigenvalue weighted by atomic mass is 10.1. The molecular weight excluding hydrogens is 462 g/mol. The summed E-state index contributed by atoms with van der Waals surface area (Å²) in [5, 5.41) is 24.7. The van der Waals surface area contributed by atoms with Crippen LogP contribution in [0.25, 0.3) is 11.0 Å². The first-order valence-corrected chi connectivity index (χ1v) is 11.6. The van der Waals surface area contributed by atoms with E-state index in [2.05, 4.69) is 32.5 Å². The van der Waals surface area contributed by atoms with Crippen molar-refractivity contribution in [2.24, 2.45) is 0 Å². The van der Waals surface area contributed by atoms with Gasteiger partial charge in [0.1, 0.15) is 34.5 Å². The highest BCUT2D eigenvalue weighted by atomic mass is 32.1. The van der Waals surface area contributed by atoms with Crippen molar-refractivity contribution in [2.45, 2.75) is 26.4 Å². The van der Waals surface area contributed by atoms with E-state index in [0.29, 0.717) is 27.1 Å². The van der Waals surface area contributed by atoms with Crippen molar-refractivity contribution in [1.82, 2.24) is 24.8 Å². The number of anilines is 1. The first kappa shape index (κ1) is 22.3. The molecule has 1 N–H and O–H groups in total. The molecule has 0 saturated heterocycles. The second kappa shape index (κ2) is 10.1. The summed E-state index contributed by atoms with van der Waals surface area (Å²) >= 11 is 2.56. The van der Waals surface area contributed by atoms with E-state index in [9.17, 15) is 14.9 Å². The van der Waals surface area contributed by atoms with E-state index in [-0.39, 0.29) is 17.7 Å². The number of hydrogen-bond acceptors (Lipinski definition) is 10. The van der Waals surface area contributed by atoms with Gasteiger partial charge < -0.3 is 4.74 Å². The fourth-order valence-electron chi connectivity index (χ4n) is 2.81. The molecule has 0 atom stereocenters.